The van der Waals surface area contributed by atoms with Crippen LogP contribution in [0.4, 0.5) is 11.4 Å². The quantitative estimate of drug-likeness (QED) is 0.405. The van der Waals surface area contributed by atoms with Crippen molar-refractivity contribution in [1.29, 1.82) is 0 Å². The molecule has 4 rings (SSSR count). The third kappa shape index (κ3) is 4.15. The molecule has 0 saturated heterocycles. The molecule has 33 heavy (non-hydrogen) atoms. The molecule has 0 aromatic heterocycles. The largest absolute Gasteiger partial charge is 0.377 e. The number of hydrogen-bond acceptors (Lipinski definition) is 7. The molecule has 0 aliphatic carbocycles. The summed E-state index contributed by atoms with van der Waals surface area (Å²) in [5.41, 5.74) is 1.61. The third-order valence-corrected chi connectivity index (χ3v) is 8.62. The van der Waals surface area contributed by atoms with Gasteiger partial charge in [0.05, 0.1) is 0 Å². The number of hydrogen-bond donors (Lipinski definition) is 0. The van der Waals surface area contributed by atoms with E-state index in [1.54, 1.807) is 48.5 Å². The van der Waals surface area contributed by atoms with E-state index in [1.807, 2.05) is 50.1 Å². The summed E-state index contributed by atoms with van der Waals surface area (Å²) < 4.78 is 57.7. The van der Waals surface area contributed by atoms with Crippen molar-refractivity contribution in [2.75, 3.05) is 38.0 Å². The lowest BCUT2D eigenvalue weighted by molar-refractivity contribution is 0.463. The lowest BCUT2D eigenvalue weighted by Crippen LogP contribution is -2.16. The van der Waals surface area contributed by atoms with Crippen molar-refractivity contribution in [3.8, 4) is 0 Å². The fraction of sp³-hybridized carbons (Fsp3) is 0.167. The zero-order valence-electron chi connectivity index (χ0n) is 18.7. The molecule has 0 spiro atoms. The van der Waals surface area contributed by atoms with Gasteiger partial charge in [0.2, 0.25) is 0 Å². The Kier molecular flexibility index (Phi) is 5.81. The Morgan fingerprint density at radius 2 is 0.848 bits per heavy atom. The van der Waals surface area contributed by atoms with Crippen LogP contribution in [0.15, 0.2) is 82.6 Å². The van der Waals surface area contributed by atoms with E-state index < -0.39 is 20.2 Å². The first-order chi connectivity index (χ1) is 15.5. The van der Waals surface area contributed by atoms with Crippen LogP contribution in [0.3, 0.4) is 0 Å². The third-order valence-electron chi connectivity index (χ3n) is 5.40. The predicted molar refractivity (Wildman–Crippen MR) is 132 cm³/mol. The second kappa shape index (κ2) is 8.33. The topological polar surface area (TPSA) is 84.0 Å². The molecule has 4 aromatic carbocycles. The molecule has 7 nitrogen and oxygen atoms in total. The second-order valence-corrected chi connectivity index (χ2v) is 11.3. The fourth-order valence-corrected chi connectivity index (χ4v) is 6.85. The molecular formula is C24H24N2O5S2. The highest BCUT2D eigenvalue weighted by Gasteiger charge is 2.30. The first-order valence-corrected chi connectivity index (χ1v) is 12.9. The van der Waals surface area contributed by atoms with E-state index in [2.05, 4.69) is 0 Å². The van der Waals surface area contributed by atoms with Crippen molar-refractivity contribution in [2.24, 2.45) is 0 Å². The molecule has 0 amide bonds. The van der Waals surface area contributed by atoms with E-state index in [1.165, 1.54) is 12.1 Å². The van der Waals surface area contributed by atoms with E-state index in [4.69, 9.17) is 3.63 Å². The lowest BCUT2D eigenvalue weighted by atomic mass is 10.1. The van der Waals surface area contributed by atoms with Gasteiger partial charge in [-0.05, 0) is 24.3 Å². The van der Waals surface area contributed by atoms with Crippen LogP contribution < -0.4 is 9.80 Å². The highest BCUT2D eigenvalue weighted by Crippen LogP contribution is 2.34. The Labute approximate surface area is 194 Å². The molecule has 0 saturated carbocycles. The normalized spacial score (nSPS) is 12.2. The van der Waals surface area contributed by atoms with E-state index >= 15 is 0 Å². The van der Waals surface area contributed by atoms with Crippen molar-refractivity contribution in [1.82, 2.24) is 0 Å². The van der Waals surface area contributed by atoms with Crippen LogP contribution in [0.2, 0.25) is 0 Å². The molecule has 0 atom stereocenters. The van der Waals surface area contributed by atoms with Crippen LogP contribution >= 0.6 is 0 Å². The van der Waals surface area contributed by atoms with Crippen molar-refractivity contribution in [3.05, 3.63) is 72.8 Å². The minimum atomic E-state index is -4.65. The summed E-state index contributed by atoms with van der Waals surface area (Å²) in [5.74, 6) is 0. The second-order valence-electron chi connectivity index (χ2n) is 8.02. The van der Waals surface area contributed by atoms with E-state index in [0.29, 0.717) is 21.5 Å². The van der Waals surface area contributed by atoms with Gasteiger partial charge in [-0.25, -0.2) is 0 Å². The van der Waals surface area contributed by atoms with Gasteiger partial charge in [0.25, 0.3) is 0 Å². The summed E-state index contributed by atoms with van der Waals surface area (Å²) in [6, 6.07) is 19.8. The van der Waals surface area contributed by atoms with Crippen LogP contribution in [0, 0.1) is 0 Å². The molecule has 0 heterocycles. The van der Waals surface area contributed by atoms with Gasteiger partial charge in [-0.15, -0.1) is 3.63 Å². The zero-order chi connectivity index (χ0) is 24.0. The van der Waals surface area contributed by atoms with Crippen LogP contribution in [0.1, 0.15) is 0 Å². The predicted octanol–water partition coefficient (Wildman–Crippen LogP) is 4.22. The smallest absolute Gasteiger partial charge is 0.312 e. The molecular weight excluding hydrogens is 460 g/mol. The maximum absolute atomic E-state index is 13.2. The van der Waals surface area contributed by atoms with Gasteiger partial charge in [0.15, 0.2) is 0 Å². The Balaban J connectivity index is 1.85. The maximum atomic E-state index is 13.2. The summed E-state index contributed by atoms with van der Waals surface area (Å²) in [5, 5.41) is 2.11. The molecule has 172 valence electrons. The van der Waals surface area contributed by atoms with E-state index in [0.717, 1.165) is 11.4 Å². The molecule has 0 aliphatic heterocycles. The molecule has 0 radical (unpaired) electrons. The van der Waals surface area contributed by atoms with Crippen molar-refractivity contribution in [3.63, 3.8) is 0 Å². The maximum Gasteiger partial charge on any atom is 0.312 e. The Morgan fingerprint density at radius 3 is 1.21 bits per heavy atom. The van der Waals surface area contributed by atoms with Gasteiger partial charge in [-0.3, -0.25) is 0 Å². The van der Waals surface area contributed by atoms with Crippen LogP contribution in [-0.4, -0.2) is 45.0 Å². The Bertz CT molecular complexity index is 1460. The molecule has 0 unspecified atom stereocenters. The average Bonchev–Trinajstić information content (AvgIpc) is 2.76. The first-order valence-electron chi connectivity index (χ1n) is 10.1. The SMILES string of the molecule is CN(C)c1cccc2c(S(=O)(=O)OS(=O)(=O)c3cccc4c(N(C)C)cccc34)cccc12. The highest BCUT2D eigenvalue weighted by atomic mass is 32.3. The standard InChI is InChI=1S/C24H24N2O5S2/c1-25(2)21-13-5-11-19-17(21)9-7-15-23(19)32(27,28)31-33(29,30)24-16-8-10-18-20(24)12-6-14-22(18)26(3)4/h5-16H,1-4H3. The summed E-state index contributed by atoms with van der Waals surface area (Å²) in [6.45, 7) is 0. The Hall–Kier alpha value is -3.14. The molecule has 0 bridgehead atoms. The lowest BCUT2D eigenvalue weighted by Gasteiger charge is -2.17. The monoisotopic (exact) mass is 484 g/mol. The van der Waals surface area contributed by atoms with Crippen molar-refractivity contribution in [2.45, 2.75) is 9.79 Å². The van der Waals surface area contributed by atoms with Crippen LogP contribution in [0.5, 0.6) is 0 Å². The number of anilines is 2. The van der Waals surface area contributed by atoms with Gasteiger partial charge >= 0.3 is 20.2 Å². The Morgan fingerprint density at radius 1 is 0.515 bits per heavy atom. The minimum absolute atomic E-state index is 0.207. The van der Waals surface area contributed by atoms with Gasteiger partial charge < -0.3 is 9.80 Å². The van der Waals surface area contributed by atoms with E-state index in [-0.39, 0.29) is 9.79 Å². The number of fused-ring (bicyclic) bond motifs is 2. The van der Waals surface area contributed by atoms with Gasteiger partial charge in [0.1, 0.15) is 9.79 Å². The molecule has 0 fully saturated rings. The number of benzene rings is 4. The van der Waals surface area contributed by atoms with Gasteiger partial charge in [-0.2, -0.15) is 16.8 Å². The van der Waals surface area contributed by atoms with Crippen LogP contribution in [-0.2, 0) is 23.9 Å². The molecule has 9 heteroatoms. The van der Waals surface area contributed by atoms with Gasteiger partial charge in [-0.1, -0.05) is 48.5 Å². The first kappa shape index (κ1) is 23.0. The van der Waals surface area contributed by atoms with Gasteiger partial charge in [0, 0.05) is 61.1 Å². The minimum Gasteiger partial charge on any atom is -0.377 e. The molecule has 4 aromatic rings. The van der Waals surface area contributed by atoms with Crippen molar-refractivity contribution >= 4 is 53.2 Å². The summed E-state index contributed by atoms with van der Waals surface area (Å²) in [6.07, 6.45) is 0. The van der Waals surface area contributed by atoms with E-state index in [9.17, 15) is 16.8 Å². The number of rotatable bonds is 6. The summed E-state index contributed by atoms with van der Waals surface area (Å²) >= 11 is 0. The fourth-order valence-electron chi connectivity index (χ4n) is 3.94. The average molecular weight is 485 g/mol. The number of nitrogens with zero attached hydrogens (tertiary/aromatic N) is 2. The molecule has 0 N–H and O–H groups in total. The molecule has 0 aliphatic rings. The van der Waals surface area contributed by atoms with Crippen LogP contribution in [0.25, 0.3) is 21.5 Å². The highest BCUT2D eigenvalue weighted by molar-refractivity contribution is 8.00. The zero-order valence-corrected chi connectivity index (χ0v) is 20.3. The van der Waals surface area contributed by atoms with Crippen molar-refractivity contribution < 1.29 is 20.5 Å². The summed E-state index contributed by atoms with van der Waals surface area (Å²) in [7, 11) is -1.91. The summed E-state index contributed by atoms with van der Waals surface area (Å²) in [4.78, 5) is 3.30.